The van der Waals surface area contributed by atoms with Crippen LogP contribution >= 0.6 is 23.2 Å². The predicted molar refractivity (Wildman–Crippen MR) is 81.7 cm³/mol. The summed E-state index contributed by atoms with van der Waals surface area (Å²) >= 11 is 11.8. The summed E-state index contributed by atoms with van der Waals surface area (Å²) in [6.45, 7) is 1.13. The lowest BCUT2D eigenvalue weighted by atomic mass is 10.2. The third kappa shape index (κ3) is 3.79. The second kappa shape index (κ2) is 6.84. The maximum absolute atomic E-state index is 9.85. The molecule has 5 heteroatoms. The second-order valence-corrected chi connectivity index (χ2v) is 5.19. The molecule has 0 spiro atoms. The topological polar surface area (TPSA) is 41.5 Å². The zero-order chi connectivity index (χ0) is 14.5. The van der Waals surface area contributed by atoms with Crippen LogP contribution in [-0.4, -0.2) is 12.2 Å². The Hall–Kier alpha value is -1.42. The van der Waals surface area contributed by atoms with Crippen molar-refractivity contribution in [3.05, 3.63) is 57.6 Å². The van der Waals surface area contributed by atoms with Crippen LogP contribution in [0.3, 0.4) is 0 Å². The van der Waals surface area contributed by atoms with E-state index in [1.54, 1.807) is 13.2 Å². The highest BCUT2D eigenvalue weighted by Crippen LogP contribution is 2.31. The van der Waals surface area contributed by atoms with E-state index in [4.69, 9.17) is 27.9 Å². The molecule has 0 aliphatic carbocycles. The maximum Gasteiger partial charge on any atom is 0.138 e. The van der Waals surface area contributed by atoms with Gasteiger partial charge >= 0.3 is 0 Å². The number of hydrogen-bond acceptors (Lipinski definition) is 3. The SMILES string of the molecule is COc1cccc(CNCc2cc(Cl)cc(Cl)c2O)c1. The highest BCUT2D eigenvalue weighted by atomic mass is 35.5. The number of methoxy groups -OCH3 is 1. The number of ether oxygens (including phenoxy) is 1. The summed E-state index contributed by atoms with van der Waals surface area (Å²) < 4.78 is 5.17. The molecule has 20 heavy (non-hydrogen) atoms. The van der Waals surface area contributed by atoms with E-state index in [0.717, 1.165) is 11.3 Å². The molecule has 0 saturated carbocycles. The van der Waals surface area contributed by atoms with E-state index in [1.165, 1.54) is 6.07 Å². The van der Waals surface area contributed by atoms with Crippen LogP contribution in [0.1, 0.15) is 11.1 Å². The Morgan fingerprint density at radius 3 is 2.70 bits per heavy atom. The van der Waals surface area contributed by atoms with E-state index in [9.17, 15) is 5.11 Å². The van der Waals surface area contributed by atoms with Crippen LogP contribution in [-0.2, 0) is 13.1 Å². The molecule has 0 atom stereocenters. The Labute approximate surface area is 128 Å². The molecule has 0 aliphatic rings. The number of nitrogens with one attached hydrogen (secondary N) is 1. The first-order valence-corrected chi connectivity index (χ1v) is 6.86. The van der Waals surface area contributed by atoms with Gasteiger partial charge in [-0.05, 0) is 29.8 Å². The van der Waals surface area contributed by atoms with Gasteiger partial charge in [-0.25, -0.2) is 0 Å². The smallest absolute Gasteiger partial charge is 0.138 e. The molecule has 106 valence electrons. The van der Waals surface area contributed by atoms with Crippen LogP contribution < -0.4 is 10.1 Å². The van der Waals surface area contributed by atoms with Crippen molar-refractivity contribution in [1.29, 1.82) is 0 Å². The number of benzene rings is 2. The molecule has 2 N–H and O–H groups in total. The Bertz CT molecular complexity index is 602. The van der Waals surface area contributed by atoms with Gasteiger partial charge < -0.3 is 15.2 Å². The monoisotopic (exact) mass is 311 g/mol. The van der Waals surface area contributed by atoms with Crippen molar-refractivity contribution >= 4 is 23.2 Å². The molecule has 2 aromatic rings. The Morgan fingerprint density at radius 2 is 1.95 bits per heavy atom. The van der Waals surface area contributed by atoms with Gasteiger partial charge in [0.15, 0.2) is 0 Å². The minimum absolute atomic E-state index is 0.0641. The number of hydrogen-bond donors (Lipinski definition) is 2. The zero-order valence-corrected chi connectivity index (χ0v) is 12.5. The first-order chi connectivity index (χ1) is 9.60. The summed E-state index contributed by atoms with van der Waals surface area (Å²) in [5.74, 6) is 0.882. The highest BCUT2D eigenvalue weighted by molar-refractivity contribution is 6.35. The van der Waals surface area contributed by atoms with E-state index in [1.807, 2.05) is 24.3 Å². The quantitative estimate of drug-likeness (QED) is 0.877. The molecule has 0 saturated heterocycles. The number of aromatic hydroxyl groups is 1. The van der Waals surface area contributed by atoms with Gasteiger partial charge in [-0.2, -0.15) is 0 Å². The lowest BCUT2D eigenvalue weighted by molar-refractivity contribution is 0.414. The molecule has 2 aromatic carbocycles. The summed E-state index contributed by atoms with van der Waals surface area (Å²) in [6.07, 6.45) is 0. The minimum Gasteiger partial charge on any atom is -0.506 e. The summed E-state index contributed by atoms with van der Waals surface area (Å²) in [4.78, 5) is 0. The lowest BCUT2D eigenvalue weighted by Crippen LogP contribution is -2.12. The fourth-order valence-corrected chi connectivity index (χ4v) is 2.41. The average molecular weight is 312 g/mol. The van der Waals surface area contributed by atoms with E-state index in [2.05, 4.69) is 5.32 Å². The van der Waals surface area contributed by atoms with Gasteiger partial charge in [-0.3, -0.25) is 0 Å². The molecule has 0 heterocycles. The molecular weight excluding hydrogens is 297 g/mol. The Balaban J connectivity index is 1.99. The van der Waals surface area contributed by atoms with Crippen LogP contribution in [0.25, 0.3) is 0 Å². The fourth-order valence-electron chi connectivity index (χ4n) is 1.88. The van der Waals surface area contributed by atoms with Crippen LogP contribution in [0, 0.1) is 0 Å². The summed E-state index contributed by atoms with van der Waals surface area (Å²) in [5, 5.41) is 13.8. The van der Waals surface area contributed by atoms with Crippen molar-refractivity contribution < 1.29 is 9.84 Å². The molecule has 0 radical (unpaired) electrons. The van der Waals surface area contributed by atoms with Gasteiger partial charge in [0.25, 0.3) is 0 Å². The van der Waals surface area contributed by atoms with E-state index < -0.39 is 0 Å². The van der Waals surface area contributed by atoms with Gasteiger partial charge in [0.1, 0.15) is 11.5 Å². The predicted octanol–water partition coefficient (Wildman–Crippen LogP) is 4.00. The Morgan fingerprint density at radius 1 is 1.15 bits per heavy atom. The molecule has 0 bridgehead atoms. The summed E-state index contributed by atoms with van der Waals surface area (Å²) in [5.41, 5.74) is 1.77. The van der Waals surface area contributed by atoms with Crippen LogP contribution in [0.15, 0.2) is 36.4 Å². The fraction of sp³-hybridized carbons (Fsp3) is 0.200. The number of halogens is 2. The van der Waals surface area contributed by atoms with Crippen LogP contribution in [0.4, 0.5) is 0 Å². The standard InChI is InChI=1S/C15H15Cl2NO2/c1-20-13-4-2-3-10(5-13)8-18-9-11-6-12(16)7-14(17)15(11)19/h2-7,18-19H,8-9H2,1H3. The van der Waals surface area contributed by atoms with Crippen molar-refractivity contribution in [1.82, 2.24) is 5.32 Å². The molecule has 0 aliphatic heterocycles. The third-order valence-electron chi connectivity index (χ3n) is 2.89. The van der Waals surface area contributed by atoms with Crippen molar-refractivity contribution in [2.75, 3.05) is 7.11 Å². The van der Waals surface area contributed by atoms with Crippen molar-refractivity contribution in [3.63, 3.8) is 0 Å². The van der Waals surface area contributed by atoms with Crippen molar-refractivity contribution in [2.24, 2.45) is 0 Å². The third-order valence-corrected chi connectivity index (χ3v) is 3.39. The molecule has 0 unspecified atom stereocenters. The van der Waals surface area contributed by atoms with Gasteiger partial charge in [-0.1, -0.05) is 35.3 Å². The highest BCUT2D eigenvalue weighted by Gasteiger charge is 2.07. The van der Waals surface area contributed by atoms with Crippen LogP contribution in [0.2, 0.25) is 10.0 Å². The zero-order valence-electron chi connectivity index (χ0n) is 11.0. The number of phenols is 1. The summed E-state index contributed by atoms with van der Waals surface area (Å²) in [7, 11) is 1.64. The van der Waals surface area contributed by atoms with E-state index >= 15 is 0 Å². The molecule has 2 rings (SSSR count). The van der Waals surface area contributed by atoms with Gasteiger partial charge in [0, 0.05) is 23.7 Å². The molecule has 0 aromatic heterocycles. The van der Waals surface area contributed by atoms with E-state index in [-0.39, 0.29) is 10.8 Å². The maximum atomic E-state index is 9.85. The Kier molecular flexibility index (Phi) is 5.12. The lowest BCUT2D eigenvalue weighted by Gasteiger charge is -2.09. The van der Waals surface area contributed by atoms with Gasteiger partial charge in [0.05, 0.1) is 12.1 Å². The first kappa shape index (κ1) is 15.0. The number of rotatable bonds is 5. The van der Waals surface area contributed by atoms with Crippen LogP contribution in [0.5, 0.6) is 11.5 Å². The van der Waals surface area contributed by atoms with Gasteiger partial charge in [-0.15, -0.1) is 0 Å². The largest absolute Gasteiger partial charge is 0.506 e. The summed E-state index contributed by atoms with van der Waals surface area (Å²) in [6, 6.07) is 11.0. The minimum atomic E-state index is 0.0641. The number of phenolic OH excluding ortho intramolecular Hbond substituents is 1. The van der Waals surface area contributed by atoms with Crippen molar-refractivity contribution in [2.45, 2.75) is 13.1 Å². The average Bonchev–Trinajstić information content (AvgIpc) is 2.44. The molecule has 0 fully saturated rings. The van der Waals surface area contributed by atoms with Crippen molar-refractivity contribution in [3.8, 4) is 11.5 Å². The molecular formula is C15H15Cl2NO2. The van der Waals surface area contributed by atoms with Gasteiger partial charge in [0.2, 0.25) is 0 Å². The first-order valence-electron chi connectivity index (χ1n) is 6.10. The van der Waals surface area contributed by atoms with E-state index in [0.29, 0.717) is 23.7 Å². The normalized spacial score (nSPS) is 10.6. The molecule has 3 nitrogen and oxygen atoms in total. The molecule has 0 amide bonds. The second-order valence-electron chi connectivity index (χ2n) is 4.35.